The van der Waals surface area contributed by atoms with Crippen LogP contribution >= 0.6 is 0 Å². The molecular formula is C21H34N4O3S. The molecule has 0 saturated heterocycles. The molecule has 0 radical (unpaired) electrons. The summed E-state index contributed by atoms with van der Waals surface area (Å²) in [5, 5.41) is 2.91. The minimum atomic E-state index is -3.92. The van der Waals surface area contributed by atoms with Crippen LogP contribution in [-0.4, -0.2) is 57.4 Å². The average Bonchev–Trinajstić information content (AvgIpc) is 3.26. The third-order valence-corrected chi connectivity index (χ3v) is 7.09. The first-order valence-electron chi connectivity index (χ1n) is 10.6. The van der Waals surface area contributed by atoms with E-state index in [9.17, 15) is 13.2 Å². The number of nitrogens with one attached hydrogen (secondary N) is 2. The number of fused-ring (bicyclic) bond motifs is 2. The van der Waals surface area contributed by atoms with Crippen LogP contribution in [0.1, 0.15) is 48.9 Å². The van der Waals surface area contributed by atoms with Crippen LogP contribution in [0.3, 0.4) is 0 Å². The van der Waals surface area contributed by atoms with Crippen LogP contribution in [-0.2, 0) is 35.9 Å². The Balaban J connectivity index is 1.76. The van der Waals surface area contributed by atoms with Crippen molar-refractivity contribution in [3.05, 3.63) is 28.3 Å². The molecule has 8 heteroatoms. The summed E-state index contributed by atoms with van der Waals surface area (Å²) in [6.45, 7) is 5.23. The summed E-state index contributed by atoms with van der Waals surface area (Å²) in [6, 6.07) is 1.62. The summed E-state index contributed by atoms with van der Waals surface area (Å²) in [6.07, 6.45) is 6.10. The van der Waals surface area contributed by atoms with Gasteiger partial charge in [-0.3, -0.25) is 0 Å². The summed E-state index contributed by atoms with van der Waals surface area (Å²) >= 11 is 0. The van der Waals surface area contributed by atoms with Crippen molar-refractivity contribution in [3.63, 3.8) is 0 Å². The minimum absolute atomic E-state index is 0.164. The minimum Gasteiger partial charge on any atom is -0.308 e. The maximum absolute atomic E-state index is 12.9. The van der Waals surface area contributed by atoms with Gasteiger partial charge in [0.1, 0.15) is 0 Å². The quantitative estimate of drug-likeness (QED) is 0.675. The van der Waals surface area contributed by atoms with Crippen LogP contribution in [0.15, 0.2) is 6.07 Å². The monoisotopic (exact) mass is 422 g/mol. The lowest BCUT2D eigenvalue weighted by Crippen LogP contribution is -2.48. The number of carbonyl (C=O) groups is 1. The second kappa shape index (κ2) is 9.02. The van der Waals surface area contributed by atoms with Gasteiger partial charge in [-0.2, -0.15) is 12.7 Å². The number of hydrogen-bond donors (Lipinski definition) is 2. The summed E-state index contributed by atoms with van der Waals surface area (Å²) in [5.41, 5.74) is 5.83. The number of urea groups is 1. The molecule has 3 rings (SSSR count). The highest BCUT2D eigenvalue weighted by atomic mass is 32.2. The van der Waals surface area contributed by atoms with Crippen LogP contribution in [0.4, 0.5) is 10.5 Å². The van der Waals surface area contributed by atoms with Crippen LogP contribution in [0.25, 0.3) is 0 Å². The third kappa shape index (κ3) is 5.29. The van der Waals surface area contributed by atoms with Gasteiger partial charge in [-0.1, -0.05) is 19.9 Å². The number of benzene rings is 1. The van der Waals surface area contributed by atoms with Gasteiger partial charge in [0.15, 0.2) is 0 Å². The molecule has 1 aromatic rings. The molecule has 2 amide bonds. The molecule has 0 heterocycles. The summed E-state index contributed by atoms with van der Waals surface area (Å²) in [5.74, 6) is 0.164. The molecule has 162 valence electrons. The van der Waals surface area contributed by atoms with Gasteiger partial charge in [0.25, 0.3) is 0 Å². The highest BCUT2D eigenvalue weighted by Gasteiger charge is 2.28. The summed E-state index contributed by atoms with van der Waals surface area (Å²) in [4.78, 5) is 14.6. The van der Waals surface area contributed by atoms with Crippen LogP contribution in [0.5, 0.6) is 0 Å². The predicted molar refractivity (Wildman–Crippen MR) is 117 cm³/mol. The van der Waals surface area contributed by atoms with Gasteiger partial charge >= 0.3 is 16.2 Å². The van der Waals surface area contributed by atoms with Gasteiger partial charge in [-0.05, 0) is 80.8 Å². The van der Waals surface area contributed by atoms with E-state index in [0.29, 0.717) is 19.6 Å². The maximum atomic E-state index is 12.9. The molecule has 29 heavy (non-hydrogen) atoms. The zero-order chi connectivity index (χ0) is 21.2. The fourth-order valence-electron chi connectivity index (χ4n) is 4.32. The van der Waals surface area contributed by atoms with Gasteiger partial charge in [-0.25, -0.2) is 9.52 Å². The Bertz CT molecular complexity index is 833. The number of rotatable bonds is 8. The van der Waals surface area contributed by atoms with Gasteiger partial charge in [0, 0.05) is 25.3 Å². The lowest BCUT2D eigenvalue weighted by molar-refractivity contribution is 0.254. The van der Waals surface area contributed by atoms with E-state index in [1.165, 1.54) is 26.6 Å². The molecule has 2 aliphatic carbocycles. The number of nitrogens with zero attached hydrogens (tertiary/aromatic N) is 2. The Hall–Kier alpha value is -1.64. The van der Waals surface area contributed by atoms with E-state index in [1.54, 1.807) is 0 Å². The molecule has 0 saturated carbocycles. The van der Waals surface area contributed by atoms with E-state index in [4.69, 9.17) is 0 Å². The molecular weight excluding hydrogens is 388 g/mol. The van der Waals surface area contributed by atoms with Gasteiger partial charge in [-0.15, -0.1) is 0 Å². The zero-order valence-corrected chi connectivity index (χ0v) is 18.9. The van der Waals surface area contributed by atoms with E-state index in [0.717, 1.165) is 44.2 Å². The fraction of sp³-hybridized carbons (Fsp3) is 0.667. The Morgan fingerprint density at radius 3 is 2.14 bits per heavy atom. The van der Waals surface area contributed by atoms with E-state index in [-0.39, 0.29) is 5.92 Å². The number of aryl methyl sites for hydroxylation is 2. The highest BCUT2D eigenvalue weighted by Crippen LogP contribution is 2.38. The van der Waals surface area contributed by atoms with Crippen molar-refractivity contribution in [2.45, 2.75) is 52.4 Å². The van der Waals surface area contributed by atoms with E-state index in [2.05, 4.69) is 16.1 Å². The first-order valence-corrected chi connectivity index (χ1v) is 12.0. The van der Waals surface area contributed by atoms with E-state index < -0.39 is 16.2 Å². The number of likely N-dealkylation sites (N-methyl/N-ethyl adjacent to an activating group) is 1. The molecule has 0 atom stereocenters. The van der Waals surface area contributed by atoms with E-state index >= 15 is 0 Å². The lowest BCUT2D eigenvalue weighted by Gasteiger charge is -2.25. The molecule has 7 nitrogen and oxygen atoms in total. The zero-order valence-electron chi connectivity index (χ0n) is 18.0. The third-order valence-electron chi connectivity index (χ3n) is 5.64. The second-order valence-electron chi connectivity index (χ2n) is 8.85. The lowest BCUT2D eigenvalue weighted by atomic mass is 9.99. The summed E-state index contributed by atoms with van der Waals surface area (Å²) in [7, 11) is -0.117. The molecule has 0 fully saturated rings. The molecule has 2 N–H and O–H groups in total. The predicted octanol–water partition coefficient (Wildman–Crippen LogP) is 2.55. The van der Waals surface area contributed by atoms with Gasteiger partial charge in [0.05, 0.1) is 0 Å². The van der Waals surface area contributed by atoms with Crippen molar-refractivity contribution < 1.29 is 13.2 Å². The smallest absolute Gasteiger partial charge is 0.308 e. The molecule has 1 aromatic carbocycles. The van der Waals surface area contributed by atoms with Crippen molar-refractivity contribution in [1.82, 2.24) is 13.9 Å². The van der Waals surface area contributed by atoms with Crippen molar-refractivity contribution >= 4 is 21.9 Å². The molecule has 0 unspecified atom stereocenters. The first kappa shape index (κ1) is 22.1. The molecule has 0 spiro atoms. The van der Waals surface area contributed by atoms with Crippen molar-refractivity contribution in [1.29, 1.82) is 0 Å². The number of hydrogen-bond acceptors (Lipinski definition) is 4. The topological polar surface area (TPSA) is 81.8 Å². The van der Waals surface area contributed by atoms with Crippen molar-refractivity contribution in [3.8, 4) is 0 Å². The van der Waals surface area contributed by atoms with Crippen molar-refractivity contribution in [2.24, 2.45) is 5.92 Å². The Kier molecular flexibility index (Phi) is 6.86. The second-order valence-corrected chi connectivity index (χ2v) is 10.5. The Labute approximate surface area is 175 Å². The van der Waals surface area contributed by atoms with Crippen LogP contribution in [0, 0.1) is 5.92 Å². The molecule has 0 aromatic heterocycles. The SMILES string of the molecule is CC(C)CN(CCN(C)C)S(=O)(=O)NC(=O)Nc1c2c(cc3c1CCC3)CCC2. The van der Waals surface area contributed by atoms with Crippen LogP contribution < -0.4 is 10.0 Å². The fourth-order valence-corrected chi connectivity index (χ4v) is 5.55. The van der Waals surface area contributed by atoms with Crippen LogP contribution in [0.2, 0.25) is 0 Å². The normalized spacial score (nSPS) is 15.8. The molecule has 0 aliphatic heterocycles. The standard InChI is InChI=1S/C21H34N4O3S/c1-15(2)14-25(12-11-24(3)4)29(27,28)23-21(26)22-20-18-9-5-7-16(18)13-17-8-6-10-19(17)20/h13,15H,5-12,14H2,1-4H3,(H2,22,23,26). The maximum Gasteiger partial charge on any atom is 0.333 e. The van der Waals surface area contributed by atoms with Crippen molar-refractivity contribution in [2.75, 3.05) is 39.0 Å². The number of anilines is 1. The molecule has 0 bridgehead atoms. The molecule has 2 aliphatic rings. The first-order chi connectivity index (χ1) is 13.7. The van der Waals surface area contributed by atoms with Gasteiger partial charge in [0.2, 0.25) is 0 Å². The van der Waals surface area contributed by atoms with Gasteiger partial charge < -0.3 is 10.2 Å². The summed E-state index contributed by atoms with van der Waals surface area (Å²) < 4.78 is 29.4. The van der Waals surface area contributed by atoms with E-state index in [1.807, 2.05) is 32.8 Å². The average molecular weight is 423 g/mol. The Morgan fingerprint density at radius 2 is 1.62 bits per heavy atom. The number of amides is 2. The largest absolute Gasteiger partial charge is 0.333 e. The highest BCUT2D eigenvalue weighted by molar-refractivity contribution is 7.87. The number of carbonyl (C=O) groups excluding carboxylic acids is 1. The Morgan fingerprint density at radius 1 is 1.03 bits per heavy atom.